The molecule has 1 aromatic heterocycles. The van der Waals surface area contributed by atoms with Gasteiger partial charge in [-0.1, -0.05) is 0 Å². The van der Waals surface area contributed by atoms with Crippen LogP contribution in [0.25, 0.3) is 11.3 Å². The van der Waals surface area contributed by atoms with Gasteiger partial charge in [-0.2, -0.15) is 0 Å². The van der Waals surface area contributed by atoms with Crippen LogP contribution in [0.3, 0.4) is 0 Å². The number of primary amides is 1. The van der Waals surface area contributed by atoms with Crippen LogP contribution in [0.15, 0.2) is 22.6 Å². The van der Waals surface area contributed by atoms with Gasteiger partial charge in [0.1, 0.15) is 17.3 Å². The smallest absolute Gasteiger partial charge is 0.235 e. The zero-order valence-electron chi connectivity index (χ0n) is 24.5. The van der Waals surface area contributed by atoms with E-state index in [-0.39, 0.29) is 36.1 Å². The lowest BCUT2D eigenvalue weighted by Crippen LogP contribution is -2.68. The normalized spacial score (nSPS) is 29.7. The van der Waals surface area contributed by atoms with Crippen molar-refractivity contribution in [3.8, 4) is 17.1 Å². The fourth-order valence-corrected chi connectivity index (χ4v) is 7.44. The van der Waals surface area contributed by atoms with Crippen molar-refractivity contribution < 1.29 is 38.6 Å². The fourth-order valence-electron chi connectivity index (χ4n) is 7.44. The van der Waals surface area contributed by atoms with Crippen LogP contribution >= 0.6 is 0 Å². The summed E-state index contributed by atoms with van der Waals surface area (Å²) in [7, 11) is 5.70. The van der Waals surface area contributed by atoms with Crippen molar-refractivity contribution in [2.75, 3.05) is 52.2 Å². The van der Waals surface area contributed by atoms with Crippen molar-refractivity contribution in [1.82, 2.24) is 9.80 Å². The van der Waals surface area contributed by atoms with Gasteiger partial charge in [-0.25, -0.2) is 0 Å². The summed E-state index contributed by atoms with van der Waals surface area (Å²) < 4.78 is 6.14. The third-order valence-electron chi connectivity index (χ3n) is 9.76. The van der Waals surface area contributed by atoms with Gasteiger partial charge in [0, 0.05) is 58.3 Å². The Hall–Kier alpha value is -3.87. The average Bonchev–Trinajstić information content (AvgIpc) is 3.39. The summed E-state index contributed by atoms with van der Waals surface area (Å²) in [5.74, 6) is -9.30. The van der Waals surface area contributed by atoms with Crippen molar-refractivity contribution in [1.29, 1.82) is 0 Å². The van der Waals surface area contributed by atoms with Gasteiger partial charge in [0.05, 0.1) is 23.6 Å². The Labute approximate surface area is 248 Å². The molecule has 12 nitrogen and oxygen atoms in total. The Bertz CT molecular complexity index is 1550. The first-order valence-electron chi connectivity index (χ1n) is 14.6. The molecule has 5 atom stereocenters. The lowest BCUT2D eigenvalue weighted by atomic mass is 9.53. The molecule has 4 N–H and O–H groups in total. The number of carbonyl (C=O) groups excluding carboxylic acids is 5. The number of furan rings is 1. The summed E-state index contributed by atoms with van der Waals surface area (Å²) >= 11 is 0. The Morgan fingerprint density at radius 1 is 1.09 bits per heavy atom. The second-order valence-corrected chi connectivity index (χ2v) is 12.6. The Morgan fingerprint density at radius 2 is 1.79 bits per heavy atom. The van der Waals surface area contributed by atoms with Crippen LogP contribution < -0.4 is 10.6 Å². The monoisotopic (exact) mass is 592 g/mol. The highest BCUT2D eigenvalue weighted by Gasteiger charge is 2.66. The number of phenolic OH excluding ortho intramolecular Hbond substituents is 1. The van der Waals surface area contributed by atoms with E-state index >= 15 is 0 Å². The Kier molecular flexibility index (Phi) is 7.06. The number of nitrogens with two attached hydrogens (primary N) is 1. The Morgan fingerprint density at radius 3 is 2.44 bits per heavy atom. The lowest BCUT2D eigenvalue weighted by Gasteiger charge is -2.48. The molecule has 1 aliphatic heterocycles. The third-order valence-corrected chi connectivity index (χ3v) is 9.76. The van der Waals surface area contributed by atoms with E-state index in [0.29, 0.717) is 29.3 Å². The van der Waals surface area contributed by atoms with Crippen LogP contribution in [0.4, 0.5) is 5.69 Å². The van der Waals surface area contributed by atoms with Crippen molar-refractivity contribution in [3.63, 3.8) is 0 Å². The molecule has 1 saturated heterocycles. The molecule has 6 rings (SSSR count). The number of fused-ring (bicyclic) bond motifs is 3. The number of ketones is 4. The van der Waals surface area contributed by atoms with Crippen molar-refractivity contribution in [2.45, 2.75) is 31.4 Å². The van der Waals surface area contributed by atoms with Gasteiger partial charge in [-0.3, -0.25) is 28.9 Å². The lowest BCUT2D eigenvalue weighted by molar-refractivity contribution is -0.175. The van der Waals surface area contributed by atoms with E-state index < -0.39 is 58.3 Å². The van der Waals surface area contributed by atoms with Crippen LogP contribution in [0.1, 0.15) is 34.5 Å². The van der Waals surface area contributed by atoms with E-state index in [4.69, 9.17) is 10.2 Å². The first-order chi connectivity index (χ1) is 20.3. The number of hydrogen-bond donors (Lipinski definition) is 3. The molecule has 2 saturated carbocycles. The van der Waals surface area contributed by atoms with Gasteiger partial charge in [0.25, 0.3) is 0 Å². The van der Waals surface area contributed by atoms with Crippen molar-refractivity contribution in [2.24, 2.45) is 29.4 Å². The minimum atomic E-state index is -2.68. The topological polar surface area (TPSA) is 175 Å². The number of Topliss-reactive ketones (excluding diaryl/α,β-unsaturated/α-hetero) is 4. The predicted octanol–water partition coefficient (Wildman–Crippen LogP) is 0.400. The third kappa shape index (κ3) is 4.50. The number of piperazine rings is 1. The summed E-state index contributed by atoms with van der Waals surface area (Å²) in [5, 5.41) is 23.0. The average molecular weight is 593 g/mol. The summed E-state index contributed by atoms with van der Waals surface area (Å²) in [5.41, 5.74) is 4.02. The molecule has 228 valence electrons. The highest BCUT2D eigenvalue weighted by Crippen LogP contribution is 2.52. The molecule has 3 fully saturated rings. The zero-order valence-corrected chi connectivity index (χ0v) is 24.5. The number of likely N-dealkylation sites (N-methyl/N-ethyl adjacent to an activating group) is 1. The van der Waals surface area contributed by atoms with Crippen LogP contribution in [-0.2, 0) is 32.1 Å². The molecule has 43 heavy (non-hydrogen) atoms. The number of carbonyl (C=O) groups is 5. The molecule has 2 aromatic rings. The molecule has 0 bridgehead atoms. The molecular formula is C31H36N4O8. The molecule has 2 heterocycles. The SMILES string of the molecule is CN1CCN(Cc2ccc(-c3cc(N(C)C)c4c(c3O)C(=O)C3C(=O)[C@]5(O)C(=O)C(C(N)=O)C(=O)C[C@@H]5C[C@@H]3C4)o2)CC1. The maximum atomic E-state index is 14.1. The van der Waals surface area contributed by atoms with Crippen LogP contribution in [0.5, 0.6) is 5.75 Å². The van der Waals surface area contributed by atoms with Crippen LogP contribution in [0.2, 0.25) is 0 Å². The second kappa shape index (κ2) is 10.4. The number of rotatable bonds is 5. The standard InChI is InChI=1S/C31H36N4O8/c1-33(2)20-13-19(22-5-4-17(43-22)14-35-8-6-34(3)7-9-35)26(37)24-18(20)11-15-10-16-12-21(36)25(30(32)41)29(40)31(16,42)28(39)23(15)27(24)38/h4-5,13,15-16,23,25,37,42H,6-12,14H2,1-3H3,(H2,32,41)/t15-,16+,23?,25?,31+/m1/s1. The first kappa shape index (κ1) is 29.2. The minimum Gasteiger partial charge on any atom is -0.506 e. The highest BCUT2D eigenvalue weighted by atomic mass is 16.3. The number of nitrogens with zero attached hydrogens (tertiary/aromatic N) is 3. The quantitative estimate of drug-likeness (QED) is 0.410. The van der Waals surface area contributed by atoms with E-state index in [2.05, 4.69) is 16.8 Å². The molecule has 0 spiro atoms. The first-order valence-corrected chi connectivity index (χ1v) is 14.6. The van der Waals surface area contributed by atoms with E-state index in [1.807, 2.05) is 11.0 Å². The van der Waals surface area contributed by atoms with Gasteiger partial charge in [-0.05, 0) is 49.6 Å². The van der Waals surface area contributed by atoms with Crippen LogP contribution in [-0.4, -0.2) is 102 Å². The van der Waals surface area contributed by atoms with E-state index in [0.717, 1.165) is 26.2 Å². The molecule has 1 amide bonds. The summed E-state index contributed by atoms with van der Waals surface area (Å²) in [4.78, 5) is 72.0. The van der Waals surface area contributed by atoms with Gasteiger partial charge in [-0.15, -0.1) is 0 Å². The number of benzene rings is 1. The number of aromatic hydroxyl groups is 1. The maximum Gasteiger partial charge on any atom is 0.235 e. The van der Waals surface area contributed by atoms with Gasteiger partial charge in [0.2, 0.25) is 5.91 Å². The summed E-state index contributed by atoms with van der Waals surface area (Å²) in [6.45, 7) is 4.30. The molecule has 0 radical (unpaired) electrons. The number of anilines is 1. The molecule has 1 aromatic carbocycles. The van der Waals surface area contributed by atoms with E-state index in [9.17, 15) is 34.2 Å². The predicted molar refractivity (Wildman–Crippen MR) is 153 cm³/mol. The second-order valence-electron chi connectivity index (χ2n) is 12.6. The number of amides is 1. The van der Waals surface area contributed by atoms with E-state index in [1.165, 1.54) is 0 Å². The maximum absolute atomic E-state index is 14.1. The van der Waals surface area contributed by atoms with Gasteiger partial charge < -0.3 is 30.2 Å². The Balaban J connectivity index is 1.38. The van der Waals surface area contributed by atoms with Crippen molar-refractivity contribution >= 4 is 34.7 Å². The van der Waals surface area contributed by atoms with Crippen molar-refractivity contribution in [3.05, 3.63) is 35.1 Å². The fraction of sp³-hybridized carbons (Fsp3) is 0.516. The highest BCUT2D eigenvalue weighted by molar-refractivity contribution is 6.31. The minimum absolute atomic E-state index is 0.0459. The number of hydrogen-bond acceptors (Lipinski definition) is 11. The number of aliphatic hydroxyl groups is 1. The van der Waals surface area contributed by atoms with Gasteiger partial charge >= 0.3 is 0 Å². The number of phenols is 1. The summed E-state index contributed by atoms with van der Waals surface area (Å²) in [6, 6.07) is 5.33. The molecule has 12 heteroatoms. The van der Waals surface area contributed by atoms with Crippen LogP contribution in [0, 0.1) is 23.7 Å². The molecular weight excluding hydrogens is 556 g/mol. The zero-order chi connectivity index (χ0) is 31.0. The van der Waals surface area contributed by atoms with Gasteiger partial charge in [0.15, 0.2) is 34.7 Å². The molecule has 2 unspecified atom stereocenters. The molecule has 4 aliphatic rings. The summed E-state index contributed by atoms with van der Waals surface area (Å²) in [6.07, 6.45) is -0.115. The largest absolute Gasteiger partial charge is 0.506 e. The van der Waals surface area contributed by atoms with E-state index in [1.54, 1.807) is 26.2 Å². The molecule has 3 aliphatic carbocycles.